The quantitative estimate of drug-likeness (QED) is 0.157. The fraction of sp³-hybridized carbons (Fsp3) is 0.724. The molecule has 1 heterocycles. The molecule has 0 aromatic heterocycles. The van der Waals surface area contributed by atoms with Crippen molar-refractivity contribution in [1.29, 1.82) is 0 Å². The summed E-state index contributed by atoms with van der Waals surface area (Å²) in [5.74, 6) is -1.18. The molecule has 9 nitrogen and oxygen atoms in total. The van der Waals surface area contributed by atoms with Gasteiger partial charge in [0.2, 0.25) is 0 Å². The molecule has 2 fully saturated rings. The molecular formula is C29H45ClN2O7. The minimum atomic E-state index is -1.80. The number of aliphatic hydroxyl groups is 2. The average molecular weight is 569 g/mol. The number of ether oxygens (including phenoxy) is 2. The number of carbonyl (C=O) groups is 2. The maximum absolute atomic E-state index is 12.7. The van der Waals surface area contributed by atoms with Crippen molar-refractivity contribution in [3.8, 4) is 0 Å². The number of hydrogen-bond acceptors (Lipinski definition) is 6. The number of halogens is 1. The van der Waals surface area contributed by atoms with Crippen LogP contribution in [0.25, 0.3) is 0 Å². The van der Waals surface area contributed by atoms with Gasteiger partial charge in [0.25, 0.3) is 0 Å². The number of nitrogens with one attached hydrogen (secondary N) is 2. The zero-order valence-corrected chi connectivity index (χ0v) is 24.1. The van der Waals surface area contributed by atoms with Crippen LogP contribution in [0.15, 0.2) is 24.3 Å². The molecule has 10 heteroatoms. The van der Waals surface area contributed by atoms with Gasteiger partial charge in [-0.1, -0.05) is 90.2 Å². The van der Waals surface area contributed by atoms with Crippen LogP contribution >= 0.6 is 11.6 Å². The number of fused-ring (bicyclic) bond motifs is 1. The van der Waals surface area contributed by atoms with E-state index in [4.69, 9.17) is 21.1 Å². The van der Waals surface area contributed by atoms with E-state index in [1.165, 1.54) is 44.9 Å². The van der Waals surface area contributed by atoms with Crippen LogP contribution in [0.4, 0.5) is 10.5 Å². The Kier molecular flexibility index (Phi) is 11.1. The number of benzene rings is 1. The van der Waals surface area contributed by atoms with E-state index >= 15 is 0 Å². The summed E-state index contributed by atoms with van der Waals surface area (Å²) in [6, 6.07) is 4.63. The predicted octanol–water partition coefficient (Wildman–Crippen LogP) is 5.47. The summed E-state index contributed by atoms with van der Waals surface area (Å²) in [6.45, 7) is 5.93. The van der Waals surface area contributed by atoms with Gasteiger partial charge in [0.1, 0.15) is 11.7 Å². The molecule has 1 saturated heterocycles. The monoisotopic (exact) mass is 568 g/mol. The van der Waals surface area contributed by atoms with Gasteiger partial charge in [0, 0.05) is 22.7 Å². The van der Waals surface area contributed by atoms with Gasteiger partial charge in [-0.05, 0) is 30.7 Å². The molecular weight excluding hydrogens is 524 g/mol. The van der Waals surface area contributed by atoms with E-state index in [0.29, 0.717) is 17.3 Å². The number of amides is 2. The Labute approximate surface area is 236 Å². The highest BCUT2D eigenvalue weighted by atomic mass is 35.5. The summed E-state index contributed by atoms with van der Waals surface area (Å²) in [6.07, 6.45) is 8.92. The molecule has 39 heavy (non-hydrogen) atoms. The number of carboxylic acid groups (broad SMARTS) is 1. The molecule has 5 N–H and O–H groups in total. The van der Waals surface area contributed by atoms with Crippen molar-refractivity contribution in [3.63, 3.8) is 0 Å². The number of unbranched alkanes of at least 4 members (excludes halogenated alkanes) is 9. The van der Waals surface area contributed by atoms with Crippen molar-refractivity contribution >= 4 is 29.3 Å². The maximum atomic E-state index is 12.7. The lowest BCUT2D eigenvalue weighted by atomic mass is 9.94. The number of hydrogen-bond donors (Lipinski definition) is 5. The number of carboxylic acids is 1. The van der Waals surface area contributed by atoms with Crippen molar-refractivity contribution in [2.75, 3.05) is 11.9 Å². The van der Waals surface area contributed by atoms with E-state index < -0.39 is 53.5 Å². The highest BCUT2D eigenvalue weighted by molar-refractivity contribution is 6.30. The van der Waals surface area contributed by atoms with E-state index in [-0.39, 0.29) is 0 Å². The molecule has 1 aliphatic carbocycles. The normalized spacial score (nSPS) is 27.5. The maximum Gasteiger partial charge on any atom is 0.319 e. The summed E-state index contributed by atoms with van der Waals surface area (Å²) < 4.78 is 11.9. The van der Waals surface area contributed by atoms with Gasteiger partial charge >= 0.3 is 12.0 Å². The molecule has 5 atom stereocenters. The number of rotatable bonds is 17. The topological polar surface area (TPSA) is 137 Å². The Bertz CT molecular complexity index is 959. The largest absolute Gasteiger partial charge is 0.481 e. The van der Waals surface area contributed by atoms with Gasteiger partial charge in [0.05, 0.1) is 12.5 Å². The molecule has 0 radical (unpaired) electrons. The first-order valence-electron chi connectivity index (χ1n) is 14.3. The fourth-order valence-electron chi connectivity index (χ4n) is 5.89. The number of urea groups is 1. The molecule has 3 rings (SSSR count). The lowest BCUT2D eigenvalue weighted by Gasteiger charge is -2.32. The standard InChI is InChI=1S/C29H45ClN2O7/c1-4-5-6-7-8-9-10-11-12-13-18-38-25-29(37)27(2,3)28(29,36)24(39-25)22(19-23(33)34)32-26(35)31-21-16-14-20(30)15-17-21/h14-17,22,24-25,36-37H,4-13,18-19H2,1-3H3,(H,33,34)(H2,31,32,35)/t22-,24-,25+,28-,29+/m1/s1. The van der Waals surface area contributed by atoms with Crippen molar-refractivity contribution in [1.82, 2.24) is 5.32 Å². The van der Waals surface area contributed by atoms with Crippen LogP contribution in [-0.2, 0) is 14.3 Å². The molecule has 1 saturated carbocycles. The third-order valence-electron chi connectivity index (χ3n) is 8.39. The van der Waals surface area contributed by atoms with Gasteiger partial charge in [-0.3, -0.25) is 4.79 Å². The number of carbonyl (C=O) groups excluding carboxylic acids is 1. The predicted molar refractivity (Wildman–Crippen MR) is 150 cm³/mol. The van der Waals surface area contributed by atoms with Crippen LogP contribution in [-0.4, -0.2) is 63.6 Å². The smallest absolute Gasteiger partial charge is 0.319 e. The van der Waals surface area contributed by atoms with E-state index in [1.54, 1.807) is 38.1 Å². The van der Waals surface area contributed by atoms with Gasteiger partial charge in [0.15, 0.2) is 11.9 Å². The molecule has 2 aliphatic rings. The fourth-order valence-corrected chi connectivity index (χ4v) is 6.02. The first-order valence-corrected chi connectivity index (χ1v) is 14.6. The summed E-state index contributed by atoms with van der Waals surface area (Å²) in [5, 5.41) is 38.2. The molecule has 1 aromatic rings. The molecule has 0 bridgehead atoms. The van der Waals surface area contributed by atoms with Crippen LogP contribution in [0.3, 0.4) is 0 Å². The minimum Gasteiger partial charge on any atom is -0.481 e. The second kappa shape index (κ2) is 13.6. The third-order valence-corrected chi connectivity index (χ3v) is 8.65. The molecule has 0 unspecified atom stereocenters. The Balaban J connectivity index is 1.54. The summed E-state index contributed by atoms with van der Waals surface area (Å²) >= 11 is 5.89. The number of aliphatic carboxylic acids is 1. The summed E-state index contributed by atoms with van der Waals surface area (Å²) in [5.41, 5.74) is -4.10. The van der Waals surface area contributed by atoms with Gasteiger partial charge in [-0.15, -0.1) is 0 Å². The van der Waals surface area contributed by atoms with Crippen molar-refractivity contribution in [3.05, 3.63) is 29.3 Å². The van der Waals surface area contributed by atoms with Crippen molar-refractivity contribution in [2.24, 2.45) is 5.41 Å². The second-order valence-corrected chi connectivity index (χ2v) is 11.8. The average Bonchev–Trinajstić information content (AvgIpc) is 3.09. The SMILES string of the molecule is CCCCCCCCCCCCO[C@H]1O[C@H]([C@@H](CC(=O)O)NC(=O)Nc2ccc(Cl)cc2)[C@@]2(O)C(C)(C)[C@@]12O. The Morgan fingerprint density at radius 1 is 0.974 bits per heavy atom. The number of anilines is 1. The lowest BCUT2D eigenvalue weighted by Crippen LogP contribution is -2.53. The summed E-state index contributed by atoms with van der Waals surface area (Å²) in [4.78, 5) is 24.4. The Hall–Kier alpha value is -1.91. The zero-order chi connectivity index (χ0) is 28.7. The van der Waals surface area contributed by atoms with Gasteiger partial charge in [-0.2, -0.15) is 0 Å². The van der Waals surface area contributed by atoms with E-state index in [9.17, 15) is 24.9 Å². The Morgan fingerprint density at radius 2 is 1.54 bits per heavy atom. The molecule has 220 valence electrons. The molecule has 2 amide bonds. The van der Waals surface area contributed by atoms with E-state index in [2.05, 4.69) is 17.6 Å². The van der Waals surface area contributed by atoms with Crippen molar-refractivity contribution in [2.45, 2.75) is 121 Å². The van der Waals surface area contributed by atoms with Crippen LogP contribution < -0.4 is 10.6 Å². The first kappa shape index (κ1) is 31.6. The van der Waals surface area contributed by atoms with Gasteiger partial charge < -0.3 is 35.4 Å². The highest BCUT2D eigenvalue weighted by Crippen LogP contribution is 2.73. The van der Waals surface area contributed by atoms with Crippen molar-refractivity contribution < 1.29 is 34.4 Å². The van der Waals surface area contributed by atoms with Crippen LogP contribution in [0.1, 0.15) is 91.4 Å². The molecule has 0 spiro atoms. The van der Waals surface area contributed by atoms with Crippen LogP contribution in [0.2, 0.25) is 5.02 Å². The minimum absolute atomic E-state index is 0.344. The first-order chi connectivity index (χ1) is 18.5. The van der Waals surface area contributed by atoms with Gasteiger partial charge in [-0.25, -0.2) is 4.79 Å². The van der Waals surface area contributed by atoms with E-state index in [0.717, 1.165) is 19.3 Å². The zero-order valence-electron chi connectivity index (χ0n) is 23.4. The van der Waals surface area contributed by atoms with E-state index in [1.807, 2.05) is 0 Å². The molecule has 1 aromatic carbocycles. The summed E-state index contributed by atoms with van der Waals surface area (Å²) in [7, 11) is 0. The second-order valence-electron chi connectivity index (χ2n) is 11.4. The Morgan fingerprint density at radius 3 is 2.10 bits per heavy atom. The van der Waals surface area contributed by atoms with Crippen LogP contribution in [0, 0.1) is 5.41 Å². The molecule has 1 aliphatic heterocycles. The third kappa shape index (κ3) is 6.88. The lowest BCUT2D eigenvalue weighted by molar-refractivity contribution is -0.212. The van der Waals surface area contributed by atoms with Crippen LogP contribution in [0.5, 0.6) is 0 Å². The highest BCUT2D eigenvalue weighted by Gasteiger charge is 2.93.